The van der Waals surface area contributed by atoms with Gasteiger partial charge in [0.2, 0.25) is 0 Å². The molecule has 0 bridgehead atoms. The molecule has 0 unspecified atom stereocenters. The van der Waals surface area contributed by atoms with Crippen LogP contribution in [0.1, 0.15) is 16.7 Å². The summed E-state index contributed by atoms with van der Waals surface area (Å²) in [6.07, 6.45) is 1.39. The Morgan fingerprint density at radius 1 is 1.26 bits per heavy atom. The minimum absolute atomic E-state index is 0.00935. The van der Waals surface area contributed by atoms with Gasteiger partial charge in [-0.15, -0.1) is 14.7 Å². The topological polar surface area (TPSA) is 109 Å². The molecule has 1 aromatic carbocycles. The lowest BCUT2D eigenvalue weighted by molar-refractivity contribution is 0.513. The molecule has 0 heterocycles. The molecule has 7 nitrogen and oxygen atoms in total. The van der Waals surface area contributed by atoms with Crippen molar-refractivity contribution in [2.75, 3.05) is 0 Å². The van der Waals surface area contributed by atoms with E-state index in [2.05, 4.69) is 26.9 Å². The SMILES string of the molecule is C=Cc1cc(S(N=O)(N=O)N=O)cc(C)c1C(=C)O. The van der Waals surface area contributed by atoms with Crippen LogP contribution in [0.25, 0.3) is 11.8 Å². The molecule has 0 radical (unpaired) electrons. The van der Waals surface area contributed by atoms with Gasteiger partial charge in [0.05, 0.1) is 4.90 Å². The number of hydrogen-bond donors (Lipinski definition) is 1. The molecule has 0 aliphatic rings. The van der Waals surface area contributed by atoms with Crippen LogP contribution in [0.15, 0.2) is 43.9 Å². The Kier molecular flexibility index (Phi) is 4.28. The number of aliphatic hydroxyl groups is 1. The molecule has 8 heteroatoms. The van der Waals surface area contributed by atoms with Gasteiger partial charge in [-0.1, -0.05) is 19.2 Å². The molecule has 0 aliphatic carbocycles. The van der Waals surface area contributed by atoms with E-state index in [4.69, 9.17) is 0 Å². The molecule has 100 valence electrons. The molecule has 0 aromatic heterocycles. The van der Waals surface area contributed by atoms with E-state index in [0.29, 0.717) is 16.7 Å². The van der Waals surface area contributed by atoms with Crippen molar-refractivity contribution < 1.29 is 5.11 Å². The van der Waals surface area contributed by atoms with Crippen LogP contribution in [0.3, 0.4) is 0 Å². The molecular weight excluding hydrogens is 270 g/mol. The average Bonchev–Trinajstić information content (AvgIpc) is 2.40. The van der Waals surface area contributed by atoms with Crippen molar-refractivity contribution in [2.24, 2.45) is 13.7 Å². The quantitative estimate of drug-likeness (QED) is 0.616. The smallest absolute Gasteiger partial charge is 0.197 e. The lowest BCUT2D eigenvalue weighted by Crippen LogP contribution is -1.97. The van der Waals surface area contributed by atoms with Crippen molar-refractivity contribution in [3.8, 4) is 0 Å². The molecule has 0 saturated heterocycles. The molecule has 0 fully saturated rings. The lowest BCUT2D eigenvalue weighted by Gasteiger charge is -2.17. The summed E-state index contributed by atoms with van der Waals surface area (Å²) in [6, 6.07) is 2.67. The van der Waals surface area contributed by atoms with Gasteiger partial charge in [-0.3, -0.25) is 0 Å². The van der Waals surface area contributed by atoms with Gasteiger partial charge < -0.3 is 5.11 Å². The highest BCUT2D eigenvalue weighted by atomic mass is 32.3. The Bertz CT molecular complexity index is 564. The molecule has 0 saturated carbocycles. The van der Waals surface area contributed by atoms with Gasteiger partial charge in [0.1, 0.15) is 5.76 Å². The maximum absolute atomic E-state index is 10.7. The van der Waals surface area contributed by atoms with E-state index in [1.807, 2.05) is 0 Å². The van der Waals surface area contributed by atoms with Gasteiger partial charge in [0, 0.05) is 19.3 Å². The van der Waals surface area contributed by atoms with Crippen molar-refractivity contribution in [1.82, 2.24) is 0 Å². The molecule has 19 heavy (non-hydrogen) atoms. The van der Waals surface area contributed by atoms with Crippen LogP contribution in [0, 0.1) is 21.6 Å². The monoisotopic (exact) mass is 281 g/mol. The fourth-order valence-electron chi connectivity index (χ4n) is 1.66. The summed E-state index contributed by atoms with van der Waals surface area (Å²) in [5.41, 5.74) is 1.29. The predicted molar refractivity (Wildman–Crippen MR) is 76.2 cm³/mol. The van der Waals surface area contributed by atoms with Crippen LogP contribution < -0.4 is 0 Å². The van der Waals surface area contributed by atoms with Crippen molar-refractivity contribution in [2.45, 2.75) is 11.8 Å². The van der Waals surface area contributed by atoms with Crippen LogP contribution in [0.4, 0.5) is 0 Å². The largest absolute Gasteiger partial charge is 0.508 e. The first-order valence-electron chi connectivity index (χ1n) is 4.98. The van der Waals surface area contributed by atoms with E-state index in [9.17, 15) is 19.8 Å². The normalized spacial score (nSPS) is 11.4. The third-order valence-corrected chi connectivity index (χ3v) is 3.97. The summed E-state index contributed by atoms with van der Waals surface area (Å²) in [4.78, 5) is 32.2. The first-order chi connectivity index (χ1) is 8.95. The van der Waals surface area contributed by atoms with E-state index in [0.717, 1.165) is 0 Å². The first kappa shape index (κ1) is 14.7. The third kappa shape index (κ3) is 2.43. The van der Waals surface area contributed by atoms with E-state index in [1.165, 1.54) is 18.2 Å². The van der Waals surface area contributed by atoms with Crippen molar-refractivity contribution >= 4 is 22.4 Å². The van der Waals surface area contributed by atoms with Gasteiger partial charge in [0.15, 0.2) is 10.6 Å². The summed E-state index contributed by atoms with van der Waals surface area (Å²) in [7, 11) is -3.54. The second kappa shape index (κ2) is 5.53. The Morgan fingerprint density at radius 3 is 2.16 bits per heavy atom. The summed E-state index contributed by atoms with van der Waals surface area (Å²) in [5.74, 6) is -0.197. The van der Waals surface area contributed by atoms with Crippen LogP contribution in [0.5, 0.6) is 0 Å². The molecular formula is C11H11N3O4S. The lowest BCUT2D eigenvalue weighted by atomic mass is 10.0. The molecule has 0 aliphatic heterocycles. The summed E-state index contributed by atoms with van der Waals surface area (Å²) < 4.78 is 7.42. The standard InChI is InChI=1S/C11H11N3O4S/c1-4-9-6-10(19(12-16,13-17)14-18)5-7(2)11(9)8(3)15/h4-6,15H,1,3H2,2H3. The number of nitrogens with zero attached hydrogens (tertiary/aromatic N) is 3. The van der Waals surface area contributed by atoms with Gasteiger partial charge in [-0.2, -0.15) is 0 Å². The van der Waals surface area contributed by atoms with Gasteiger partial charge in [-0.25, -0.2) is 0 Å². The summed E-state index contributed by atoms with van der Waals surface area (Å²) in [6.45, 7) is 8.56. The van der Waals surface area contributed by atoms with Crippen molar-refractivity contribution in [3.63, 3.8) is 0 Å². The second-order valence-electron chi connectivity index (χ2n) is 3.60. The van der Waals surface area contributed by atoms with Crippen LogP contribution in [0.2, 0.25) is 0 Å². The summed E-state index contributed by atoms with van der Waals surface area (Å²) >= 11 is 0. The molecule has 0 amide bonds. The zero-order chi connectivity index (χ0) is 14.6. The Balaban J connectivity index is 3.66. The second-order valence-corrected chi connectivity index (χ2v) is 5.55. The maximum atomic E-state index is 10.7. The third-order valence-electron chi connectivity index (χ3n) is 2.48. The number of hydrogen-bond acceptors (Lipinski definition) is 7. The van der Waals surface area contributed by atoms with Gasteiger partial charge in [0.25, 0.3) is 0 Å². The molecule has 1 aromatic rings. The highest BCUT2D eigenvalue weighted by Crippen LogP contribution is 2.60. The predicted octanol–water partition coefficient (Wildman–Crippen LogP) is 4.37. The van der Waals surface area contributed by atoms with E-state index < -0.39 is 10.6 Å². The van der Waals surface area contributed by atoms with Crippen LogP contribution in [-0.4, -0.2) is 5.11 Å². The van der Waals surface area contributed by atoms with E-state index >= 15 is 0 Å². The minimum Gasteiger partial charge on any atom is -0.508 e. The molecule has 0 spiro atoms. The minimum atomic E-state index is -3.54. The Morgan fingerprint density at radius 2 is 1.79 bits per heavy atom. The Labute approximate surface area is 110 Å². The zero-order valence-corrected chi connectivity index (χ0v) is 10.9. The fraction of sp³-hybridized carbons (Fsp3) is 0.0909. The Hall–Kier alpha value is -2.35. The van der Waals surface area contributed by atoms with Crippen LogP contribution >= 0.6 is 10.6 Å². The van der Waals surface area contributed by atoms with Gasteiger partial charge in [-0.05, 0) is 30.2 Å². The van der Waals surface area contributed by atoms with Crippen molar-refractivity contribution in [1.29, 1.82) is 0 Å². The number of aliphatic hydroxyl groups excluding tert-OH is 1. The van der Waals surface area contributed by atoms with Crippen LogP contribution in [-0.2, 0) is 0 Å². The zero-order valence-electron chi connectivity index (χ0n) is 10.1. The van der Waals surface area contributed by atoms with E-state index in [-0.39, 0.29) is 10.7 Å². The highest BCUT2D eigenvalue weighted by molar-refractivity contribution is 8.30. The number of rotatable bonds is 6. The average molecular weight is 281 g/mol. The number of benzene rings is 1. The highest BCUT2D eigenvalue weighted by Gasteiger charge is 2.32. The summed E-state index contributed by atoms with van der Waals surface area (Å²) in [5, 5.41) is 9.49. The van der Waals surface area contributed by atoms with Crippen molar-refractivity contribution in [3.05, 3.63) is 56.7 Å². The maximum Gasteiger partial charge on any atom is 0.197 e. The van der Waals surface area contributed by atoms with E-state index in [1.54, 1.807) is 6.92 Å². The number of aryl methyl sites for hydroxylation is 1. The fourth-order valence-corrected chi connectivity index (χ4v) is 2.62. The van der Waals surface area contributed by atoms with Gasteiger partial charge >= 0.3 is 0 Å². The molecule has 1 N–H and O–H groups in total. The molecule has 1 rings (SSSR count). The molecule has 0 atom stereocenters. The first-order valence-corrected chi connectivity index (χ1v) is 6.48. The number of nitroso groups, excluding NO2 is 3.